The second-order valence-corrected chi connectivity index (χ2v) is 13.1. The summed E-state index contributed by atoms with van der Waals surface area (Å²) in [6, 6.07) is 4.53. The van der Waals surface area contributed by atoms with Gasteiger partial charge in [-0.15, -0.1) is 5.10 Å². The molecule has 3 aromatic rings. The third kappa shape index (κ3) is 8.23. The predicted octanol–water partition coefficient (Wildman–Crippen LogP) is 4.58. The average Bonchev–Trinajstić information content (AvgIpc) is 3.32. The fraction of sp³-hybridized carbons (Fsp3) is 0.645. The van der Waals surface area contributed by atoms with Crippen LogP contribution < -0.4 is 10.3 Å². The Morgan fingerprint density at radius 1 is 1.07 bits per heavy atom. The first-order valence-electron chi connectivity index (χ1n) is 15.7. The van der Waals surface area contributed by atoms with Crippen LogP contribution >= 0.6 is 0 Å². The van der Waals surface area contributed by atoms with Crippen molar-refractivity contribution < 1.29 is 18.3 Å². The summed E-state index contributed by atoms with van der Waals surface area (Å²) < 4.78 is 35.8. The van der Waals surface area contributed by atoms with E-state index in [1.54, 1.807) is 10.6 Å². The van der Waals surface area contributed by atoms with Gasteiger partial charge in [0.25, 0.3) is 5.56 Å². The van der Waals surface area contributed by atoms with Crippen molar-refractivity contribution >= 4 is 15.5 Å². The van der Waals surface area contributed by atoms with E-state index in [9.17, 15) is 18.3 Å². The predicted molar refractivity (Wildman–Crippen MR) is 170 cm³/mol. The lowest BCUT2D eigenvalue weighted by molar-refractivity contribution is 0.104. The van der Waals surface area contributed by atoms with Crippen molar-refractivity contribution in [1.29, 1.82) is 0 Å². The lowest BCUT2D eigenvalue weighted by Crippen LogP contribution is -2.41. The standard InChI is InChI=1S/C31H50N6O5S/c1-8-13-14-15-16-23(9-2)30-32-22(6)28-31(39)33-29(34-37(28)30)26-19-25(17-18-27(26)42-12-5)43(40,41)35(7)20-24(38)21-36(10-3)11-4/h17-19,23-24,38H,8-16,20-21H2,1-7H3,(H,33,34,39). The fourth-order valence-electron chi connectivity index (χ4n) is 5.46. The van der Waals surface area contributed by atoms with Gasteiger partial charge in [-0.2, -0.15) is 4.31 Å². The zero-order chi connectivity index (χ0) is 31.7. The Balaban J connectivity index is 2.06. The molecule has 1 aromatic carbocycles. The summed E-state index contributed by atoms with van der Waals surface area (Å²) >= 11 is 0. The normalized spacial score (nSPS) is 13.7. The van der Waals surface area contributed by atoms with Crippen molar-refractivity contribution in [1.82, 2.24) is 28.8 Å². The number of imidazole rings is 1. The van der Waals surface area contributed by atoms with Crippen LogP contribution in [0, 0.1) is 6.92 Å². The molecule has 0 bridgehead atoms. The summed E-state index contributed by atoms with van der Waals surface area (Å²) in [5.41, 5.74) is 0.990. The Morgan fingerprint density at radius 3 is 2.42 bits per heavy atom. The molecule has 2 heterocycles. The zero-order valence-electron chi connectivity index (χ0n) is 26.9. The molecule has 0 fully saturated rings. The molecule has 2 aromatic heterocycles. The number of aliphatic hydroxyl groups is 1. The molecule has 240 valence electrons. The van der Waals surface area contributed by atoms with E-state index in [2.05, 4.69) is 18.8 Å². The van der Waals surface area contributed by atoms with E-state index in [1.165, 1.54) is 25.6 Å². The third-order valence-electron chi connectivity index (χ3n) is 8.01. The van der Waals surface area contributed by atoms with Crippen molar-refractivity contribution in [2.24, 2.45) is 0 Å². The van der Waals surface area contributed by atoms with E-state index >= 15 is 0 Å². The maximum Gasteiger partial charge on any atom is 0.277 e. The SMILES string of the molecule is CCCCCCC(CC)c1nc(C)c2c(=O)[nH]c(-c3cc(S(=O)(=O)N(C)CC(O)CN(CC)CC)ccc3OCC)nn12. The monoisotopic (exact) mass is 618 g/mol. The van der Waals surface area contributed by atoms with Crippen molar-refractivity contribution in [2.75, 3.05) is 39.8 Å². The fourth-order valence-corrected chi connectivity index (χ4v) is 6.70. The third-order valence-corrected chi connectivity index (χ3v) is 9.83. The molecule has 0 aliphatic rings. The summed E-state index contributed by atoms with van der Waals surface area (Å²) in [6.45, 7) is 14.1. The molecule has 11 nitrogen and oxygen atoms in total. The van der Waals surface area contributed by atoms with Gasteiger partial charge in [0.2, 0.25) is 10.0 Å². The largest absolute Gasteiger partial charge is 0.493 e. The summed E-state index contributed by atoms with van der Waals surface area (Å²) in [4.78, 5) is 23.1. The van der Waals surface area contributed by atoms with Gasteiger partial charge in [0.05, 0.1) is 28.9 Å². The number of rotatable bonds is 18. The minimum atomic E-state index is -3.97. The van der Waals surface area contributed by atoms with Crippen molar-refractivity contribution in [2.45, 2.75) is 97.0 Å². The van der Waals surface area contributed by atoms with Gasteiger partial charge in [-0.25, -0.2) is 17.9 Å². The first-order chi connectivity index (χ1) is 20.5. The summed E-state index contributed by atoms with van der Waals surface area (Å²) in [5.74, 6) is 1.47. The van der Waals surface area contributed by atoms with Gasteiger partial charge in [0.1, 0.15) is 11.6 Å². The van der Waals surface area contributed by atoms with Crippen LogP contribution in [0.3, 0.4) is 0 Å². The minimum Gasteiger partial charge on any atom is -0.493 e. The molecule has 0 saturated heterocycles. The lowest BCUT2D eigenvalue weighted by Gasteiger charge is -2.25. The van der Waals surface area contributed by atoms with Crippen LogP contribution in [0.2, 0.25) is 0 Å². The average molecular weight is 619 g/mol. The van der Waals surface area contributed by atoms with Crippen molar-refractivity contribution in [3.05, 3.63) is 40.1 Å². The number of ether oxygens (including phenoxy) is 1. The second-order valence-electron chi connectivity index (χ2n) is 11.1. The molecule has 43 heavy (non-hydrogen) atoms. The van der Waals surface area contributed by atoms with Gasteiger partial charge in [0, 0.05) is 26.1 Å². The summed E-state index contributed by atoms with van der Waals surface area (Å²) in [6.07, 6.45) is 5.52. The van der Waals surface area contributed by atoms with Crippen LogP contribution in [0.1, 0.15) is 90.6 Å². The number of likely N-dealkylation sites (N-methyl/N-ethyl adjacent to an activating group) is 2. The number of benzene rings is 1. The molecule has 2 atom stereocenters. The molecule has 0 spiro atoms. The highest BCUT2D eigenvalue weighted by molar-refractivity contribution is 7.89. The Labute approximate surface area is 256 Å². The first kappa shape index (κ1) is 34.7. The number of unbranched alkanes of at least 4 members (excludes halogenated alkanes) is 3. The zero-order valence-corrected chi connectivity index (χ0v) is 27.7. The number of H-pyrrole nitrogens is 1. The smallest absolute Gasteiger partial charge is 0.277 e. The number of hydrogen-bond acceptors (Lipinski definition) is 8. The number of aromatic nitrogens is 4. The number of aromatic amines is 1. The van der Waals surface area contributed by atoms with Gasteiger partial charge in [-0.05, 0) is 58.0 Å². The highest BCUT2D eigenvalue weighted by Gasteiger charge is 2.27. The number of nitrogens with one attached hydrogen (secondary N) is 1. The molecular formula is C31H50N6O5S. The number of aliphatic hydroxyl groups excluding tert-OH is 1. The van der Waals surface area contributed by atoms with Crippen LogP contribution in [-0.2, 0) is 10.0 Å². The summed E-state index contributed by atoms with van der Waals surface area (Å²) in [7, 11) is -2.52. The van der Waals surface area contributed by atoms with Crippen LogP contribution in [0.15, 0.2) is 27.9 Å². The van der Waals surface area contributed by atoms with E-state index in [4.69, 9.17) is 14.8 Å². The number of hydrogen-bond donors (Lipinski definition) is 2. The van der Waals surface area contributed by atoms with E-state index in [0.717, 1.165) is 55.3 Å². The Kier molecular flexibility index (Phi) is 12.7. The summed E-state index contributed by atoms with van der Waals surface area (Å²) in [5, 5.41) is 15.4. The maximum absolute atomic E-state index is 13.6. The molecule has 2 N–H and O–H groups in total. The van der Waals surface area contributed by atoms with Crippen LogP contribution in [0.4, 0.5) is 0 Å². The molecule has 0 aliphatic heterocycles. The minimum absolute atomic E-state index is 0.00984. The molecule has 0 amide bonds. The van der Waals surface area contributed by atoms with Crippen LogP contribution in [0.25, 0.3) is 16.9 Å². The number of aryl methyl sites for hydroxylation is 1. The lowest BCUT2D eigenvalue weighted by atomic mass is 9.97. The van der Waals surface area contributed by atoms with Gasteiger partial charge >= 0.3 is 0 Å². The Morgan fingerprint density at radius 2 is 1.79 bits per heavy atom. The van der Waals surface area contributed by atoms with Gasteiger partial charge < -0.3 is 19.7 Å². The highest BCUT2D eigenvalue weighted by Crippen LogP contribution is 2.32. The van der Waals surface area contributed by atoms with E-state index in [1.807, 2.05) is 32.6 Å². The van der Waals surface area contributed by atoms with Crippen LogP contribution in [-0.4, -0.2) is 88.2 Å². The topological polar surface area (TPSA) is 133 Å². The second kappa shape index (κ2) is 15.8. The number of sulfonamides is 1. The van der Waals surface area contributed by atoms with E-state index in [0.29, 0.717) is 35.7 Å². The van der Waals surface area contributed by atoms with Gasteiger partial charge in [-0.3, -0.25) is 4.79 Å². The first-order valence-corrected chi connectivity index (χ1v) is 17.1. The number of nitrogens with zero attached hydrogens (tertiary/aromatic N) is 5. The molecule has 2 unspecified atom stereocenters. The molecule has 12 heteroatoms. The maximum atomic E-state index is 13.6. The van der Waals surface area contributed by atoms with Gasteiger partial charge in [-0.1, -0.05) is 53.4 Å². The highest BCUT2D eigenvalue weighted by atomic mass is 32.2. The van der Waals surface area contributed by atoms with Gasteiger partial charge in [0.15, 0.2) is 11.3 Å². The number of fused-ring (bicyclic) bond motifs is 1. The molecule has 0 radical (unpaired) electrons. The Hall–Kier alpha value is -2.80. The Bertz CT molecular complexity index is 1500. The van der Waals surface area contributed by atoms with E-state index < -0.39 is 16.1 Å². The van der Waals surface area contributed by atoms with E-state index in [-0.39, 0.29) is 28.7 Å². The molecule has 0 saturated carbocycles. The van der Waals surface area contributed by atoms with Crippen molar-refractivity contribution in [3.63, 3.8) is 0 Å². The molecule has 3 rings (SSSR count). The molecule has 0 aliphatic carbocycles. The van der Waals surface area contributed by atoms with Crippen molar-refractivity contribution in [3.8, 4) is 17.1 Å². The quantitative estimate of drug-likeness (QED) is 0.198. The molecular weight excluding hydrogens is 568 g/mol. The van der Waals surface area contributed by atoms with Crippen LogP contribution in [0.5, 0.6) is 5.75 Å².